The number of ether oxygens (including phenoxy) is 1. The van der Waals surface area contributed by atoms with Gasteiger partial charge in [0.25, 0.3) is 0 Å². The van der Waals surface area contributed by atoms with E-state index in [0.29, 0.717) is 11.6 Å². The minimum absolute atomic E-state index is 0.657. The van der Waals surface area contributed by atoms with Crippen molar-refractivity contribution >= 4 is 22.6 Å². The molecular formula is C24H23ClN2O. The summed E-state index contributed by atoms with van der Waals surface area (Å²) in [7, 11) is 0. The molecule has 1 heterocycles. The summed E-state index contributed by atoms with van der Waals surface area (Å²) in [5.41, 5.74) is 5.68. The molecule has 0 atom stereocenters. The lowest BCUT2D eigenvalue weighted by Crippen LogP contribution is -2.06. The zero-order valence-electron chi connectivity index (χ0n) is 16.2. The Kier molecular flexibility index (Phi) is 5.36. The maximum absolute atomic E-state index is 6.21. The zero-order valence-corrected chi connectivity index (χ0v) is 16.9. The maximum Gasteiger partial charge on any atom is 0.141 e. The Bertz CT molecular complexity index is 1120. The van der Waals surface area contributed by atoms with Crippen LogP contribution in [0.4, 0.5) is 0 Å². The number of nitrogens with zero attached hydrogens (tertiary/aromatic N) is 2. The molecule has 1 aromatic heterocycles. The standard InChI is InChI=1S/C24H23ClN2O/c1-17-11-12-21(15-18(17)2)28-14-6-13-27-23-10-4-3-9-22(23)26-24(27)19-7-5-8-20(25)16-19/h3-5,7-12,15-16H,6,13-14H2,1-2H3. The third kappa shape index (κ3) is 3.90. The molecule has 28 heavy (non-hydrogen) atoms. The van der Waals surface area contributed by atoms with Gasteiger partial charge >= 0.3 is 0 Å². The van der Waals surface area contributed by atoms with Crippen molar-refractivity contribution in [1.29, 1.82) is 0 Å². The fourth-order valence-corrected chi connectivity index (χ4v) is 3.56. The number of fused-ring (bicyclic) bond motifs is 1. The molecule has 0 spiro atoms. The molecular weight excluding hydrogens is 368 g/mol. The minimum Gasteiger partial charge on any atom is -0.494 e. The van der Waals surface area contributed by atoms with Gasteiger partial charge in [0, 0.05) is 17.1 Å². The van der Waals surface area contributed by atoms with Crippen LogP contribution in [0.25, 0.3) is 22.4 Å². The van der Waals surface area contributed by atoms with Crippen molar-refractivity contribution in [1.82, 2.24) is 9.55 Å². The summed E-state index contributed by atoms with van der Waals surface area (Å²) in [6.45, 7) is 5.70. The van der Waals surface area contributed by atoms with Crippen LogP contribution in [0.1, 0.15) is 17.5 Å². The second-order valence-corrected chi connectivity index (χ2v) is 7.47. The predicted octanol–water partition coefficient (Wildman–Crippen LogP) is 6.44. The van der Waals surface area contributed by atoms with Crippen molar-refractivity contribution in [3.63, 3.8) is 0 Å². The van der Waals surface area contributed by atoms with Crippen LogP contribution in [0.15, 0.2) is 66.7 Å². The molecule has 4 rings (SSSR count). The lowest BCUT2D eigenvalue weighted by molar-refractivity contribution is 0.302. The number of aryl methyl sites for hydroxylation is 3. The van der Waals surface area contributed by atoms with Crippen LogP contribution in [-0.2, 0) is 6.54 Å². The number of imidazole rings is 1. The normalized spacial score (nSPS) is 11.1. The smallest absolute Gasteiger partial charge is 0.141 e. The van der Waals surface area contributed by atoms with Crippen molar-refractivity contribution in [3.8, 4) is 17.1 Å². The van der Waals surface area contributed by atoms with E-state index in [-0.39, 0.29) is 0 Å². The molecule has 4 aromatic rings. The van der Waals surface area contributed by atoms with E-state index in [9.17, 15) is 0 Å². The van der Waals surface area contributed by atoms with Gasteiger partial charge in [0.15, 0.2) is 0 Å². The van der Waals surface area contributed by atoms with Crippen LogP contribution in [0.5, 0.6) is 5.75 Å². The number of hydrogen-bond acceptors (Lipinski definition) is 2. The summed E-state index contributed by atoms with van der Waals surface area (Å²) in [6.07, 6.45) is 0.890. The Balaban J connectivity index is 1.54. The van der Waals surface area contributed by atoms with Crippen LogP contribution in [0.2, 0.25) is 5.02 Å². The molecule has 3 nitrogen and oxygen atoms in total. The number of hydrogen-bond donors (Lipinski definition) is 0. The zero-order chi connectivity index (χ0) is 19.5. The van der Waals surface area contributed by atoms with Gasteiger partial charge in [0.1, 0.15) is 11.6 Å². The second-order valence-electron chi connectivity index (χ2n) is 7.03. The van der Waals surface area contributed by atoms with E-state index in [0.717, 1.165) is 41.1 Å². The Morgan fingerprint density at radius 2 is 1.79 bits per heavy atom. The third-order valence-corrected chi connectivity index (χ3v) is 5.25. The van der Waals surface area contributed by atoms with Crippen LogP contribution >= 0.6 is 11.6 Å². The van der Waals surface area contributed by atoms with E-state index in [2.05, 4.69) is 42.7 Å². The van der Waals surface area contributed by atoms with Gasteiger partial charge in [0.2, 0.25) is 0 Å². The highest BCUT2D eigenvalue weighted by atomic mass is 35.5. The summed E-state index contributed by atoms with van der Waals surface area (Å²) < 4.78 is 8.22. The summed E-state index contributed by atoms with van der Waals surface area (Å²) in [5, 5.41) is 0.717. The van der Waals surface area contributed by atoms with Gasteiger partial charge in [0.05, 0.1) is 17.6 Å². The summed E-state index contributed by atoms with van der Waals surface area (Å²) in [5.74, 6) is 1.86. The quantitative estimate of drug-likeness (QED) is 0.354. The van der Waals surface area contributed by atoms with E-state index < -0.39 is 0 Å². The van der Waals surface area contributed by atoms with E-state index >= 15 is 0 Å². The number of rotatable bonds is 6. The minimum atomic E-state index is 0.657. The Labute approximate surface area is 170 Å². The number of aromatic nitrogens is 2. The highest BCUT2D eigenvalue weighted by Crippen LogP contribution is 2.27. The molecule has 3 aromatic carbocycles. The lowest BCUT2D eigenvalue weighted by Gasteiger charge is -2.11. The maximum atomic E-state index is 6.21. The molecule has 4 heteroatoms. The first kappa shape index (κ1) is 18.6. The van der Waals surface area contributed by atoms with Crippen LogP contribution in [0.3, 0.4) is 0 Å². The first-order valence-electron chi connectivity index (χ1n) is 9.53. The van der Waals surface area contributed by atoms with E-state index in [4.69, 9.17) is 21.3 Å². The number of para-hydroxylation sites is 2. The first-order chi connectivity index (χ1) is 13.6. The first-order valence-corrected chi connectivity index (χ1v) is 9.91. The topological polar surface area (TPSA) is 27.1 Å². The largest absolute Gasteiger partial charge is 0.494 e. The molecule has 0 bridgehead atoms. The third-order valence-electron chi connectivity index (χ3n) is 5.01. The monoisotopic (exact) mass is 390 g/mol. The van der Waals surface area contributed by atoms with Crippen LogP contribution < -0.4 is 4.74 Å². The van der Waals surface area contributed by atoms with E-state index in [1.54, 1.807) is 0 Å². The average Bonchev–Trinajstić information content (AvgIpc) is 3.07. The summed E-state index contributed by atoms with van der Waals surface area (Å²) in [4.78, 5) is 4.85. The number of benzene rings is 3. The molecule has 0 saturated heterocycles. The second kappa shape index (κ2) is 8.07. The molecule has 0 fully saturated rings. The fourth-order valence-electron chi connectivity index (χ4n) is 3.37. The molecule has 0 aliphatic heterocycles. The number of halogens is 1. The Hall–Kier alpha value is -2.78. The molecule has 0 N–H and O–H groups in total. The Morgan fingerprint density at radius 3 is 2.61 bits per heavy atom. The molecule has 0 aliphatic rings. The summed E-state index contributed by atoms with van der Waals surface area (Å²) >= 11 is 6.21. The average molecular weight is 391 g/mol. The lowest BCUT2D eigenvalue weighted by atomic mass is 10.1. The van der Waals surface area contributed by atoms with Crippen LogP contribution in [0, 0.1) is 13.8 Å². The van der Waals surface area contributed by atoms with Gasteiger partial charge < -0.3 is 9.30 Å². The molecule has 0 radical (unpaired) electrons. The predicted molar refractivity (Wildman–Crippen MR) is 116 cm³/mol. The molecule has 0 aliphatic carbocycles. The molecule has 0 saturated carbocycles. The van der Waals surface area contributed by atoms with E-state index in [1.165, 1.54) is 11.1 Å². The van der Waals surface area contributed by atoms with Gasteiger partial charge in [-0.2, -0.15) is 0 Å². The molecule has 142 valence electrons. The molecule has 0 amide bonds. The van der Waals surface area contributed by atoms with Gasteiger partial charge in [-0.1, -0.05) is 41.9 Å². The van der Waals surface area contributed by atoms with Gasteiger partial charge in [-0.25, -0.2) is 4.98 Å². The van der Waals surface area contributed by atoms with Crippen molar-refractivity contribution < 1.29 is 4.74 Å². The SMILES string of the molecule is Cc1ccc(OCCCn2c(-c3cccc(Cl)c3)nc3ccccc32)cc1C. The molecule has 0 unspecified atom stereocenters. The highest BCUT2D eigenvalue weighted by molar-refractivity contribution is 6.30. The van der Waals surface area contributed by atoms with Crippen molar-refractivity contribution in [3.05, 3.63) is 82.9 Å². The highest BCUT2D eigenvalue weighted by Gasteiger charge is 2.12. The van der Waals surface area contributed by atoms with Gasteiger partial charge in [-0.05, 0) is 67.8 Å². The van der Waals surface area contributed by atoms with E-state index in [1.807, 2.05) is 42.5 Å². The van der Waals surface area contributed by atoms with Gasteiger partial charge in [-0.3, -0.25) is 0 Å². The van der Waals surface area contributed by atoms with Crippen molar-refractivity contribution in [2.24, 2.45) is 0 Å². The van der Waals surface area contributed by atoms with Crippen LogP contribution in [-0.4, -0.2) is 16.2 Å². The van der Waals surface area contributed by atoms with Crippen molar-refractivity contribution in [2.75, 3.05) is 6.61 Å². The van der Waals surface area contributed by atoms with Crippen molar-refractivity contribution in [2.45, 2.75) is 26.8 Å². The van der Waals surface area contributed by atoms with Gasteiger partial charge in [-0.15, -0.1) is 0 Å². The Morgan fingerprint density at radius 1 is 0.929 bits per heavy atom. The fraction of sp³-hybridized carbons (Fsp3) is 0.208. The summed E-state index contributed by atoms with van der Waals surface area (Å²) in [6, 6.07) is 22.3.